The monoisotopic (exact) mass is 269 g/mol. The zero-order valence-corrected chi connectivity index (χ0v) is 11.3. The summed E-state index contributed by atoms with van der Waals surface area (Å²) >= 11 is 0. The van der Waals surface area contributed by atoms with Crippen LogP contribution in [0.1, 0.15) is 11.4 Å². The maximum Gasteiger partial charge on any atom is 0.125 e. The number of hydrogen-bond donors (Lipinski definition) is 1. The van der Waals surface area contributed by atoms with Crippen LogP contribution in [0.25, 0.3) is 11.0 Å². The minimum atomic E-state index is -0.249. The molecular weight excluding hydrogens is 253 g/mol. The van der Waals surface area contributed by atoms with Gasteiger partial charge in [-0.05, 0) is 36.2 Å². The Bertz CT molecular complexity index is 744. The van der Waals surface area contributed by atoms with Crippen LogP contribution < -0.4 is 5.73 Å². The first-order chi connectivity index (χ1) is 9.63. The maximum absolute atomic E-state index is 13.2. The minimum Gasteiger partial charge on any atom is -0.399 e. The molecule has 3 nitrogen and oxygen atoms in total. The van der Waals surface area contributed by atoms with E-state index in [0.29, 0.717) is 5.52 Å². The summed E-state index contributed by atoms with van der Waals surface area (Å²) in [5.41, 5.74) is 9.33. The number of benzene rings is 2. The van der Waals surface area contributed by atoms with E-state index < -0.39 is 0 Å². The van der Waals surface area contributed by atoms with E-state index in [9.17, 15) is 4.39 Å². The topological polar surface area (TPSA) is 43.8 Å². The lowest BCUT2D eigenvalue weighted by molar-refractivity contribution is 0.629. The standard InChI is InChI=1S/C16H16FN3/c1-20-15-8-5-12(17)10-14(15)19-16(20)9-4-11-2-6-13(18)7-3-11/h2-3,5-8,10H,4,9,18H2,1H3. The number of hydrogen-bond acceptors (Lipinski definition) is 2. The summed E-state index contributed by atoms with van der Waals surface area (Å²) in [6.07, 6.45) is 1.71. The number of rotatable bonds is 3. The van der Waals surface area contributed by atoms with Crippen LogP contribution in [-0.2, 0) is 19.9 Å². The van der Waals surface area contributed by atoms with Crippen molar-refractivity contribution >= 4 is 16.7 Å². The summed E-state index contributed by atoms with van der Waals surface area (Å²) < 4.78 is 15.2. The van der Waals surface area contributed by atoms with E-state index in [0.717, 1.165) is 29.9 Å². The number of aromatic nitrogens is 2. The third-order valence-electron chi connectivity index (χ3n) is 3.55. The average molecular weight is 269 g/mol. The Morgan fingerprint density at radius 2 is 1.85 bits per heavy atom. The van der Waals surface area contributed by atoms with Crippen LogP contribution in [0.3, 0.4) is 0 Å². The molecule has 102 valence electrons. The van der Waals surface area contributed by atoms with Crippen molar-refractivity contribution in [1.82, 2.24) is 9.55 Å². The summed E-state index contributed by atoms with van der Waals surface area (Å²) in [5.74, 6) is 0.711. The number of imidazole rings is 1. The van der Waals surface area contributed by atoms with Gasteiger partial charge in [0.25, 0.3) is 0 Å². The van der Waals surface area contributed by atoms with Gasteiger partial charge in [0.2, 0.25) is 0 Å². The first-order valence-corrected chi connectivity index (χ1v) is 6.59. The van der Waals surface area contributed by atoms with Gasteiger partial charge in [0, 0.05) is 25.2 Å². The van der Waals surface area contributed by atoms with Gasteiger partial charge in [-0.15, -0.1) is 0 Å². The molecule has 0 aliphatic heterocycles. The number of nitrogen functional groups attached to an aromatic ring is 1. The zero-order valence-electron chi connectivity index (χ0n) is 11.3. The number of nitrogens with two attached hydrogens (primary N) is 1. The molecular formula is C16H16FN3. The highest BCUT2D eigenvalue weighted by molar-refractivity contribution is 5.75. The number of nitrogens with zero attached hydrogens (tertiary/aromatic N) is 2. The van der Waals surface area contributed by atoms with Crippen LogP contribution in [0.2, 0.25) is 0 Å². The van der Waals surface area contributed by atoms with Crippen molar-refractivity contribution in [3.8, 4) is 0 Å². The molecule has 3 rings (SSSR count). The van der Waals surface area contributed by atoms with E-state index in [1.165, 1.54) is 17.7 Å². The van der Waals surface area contributed by atoms with Crippen LogP contribution in [0.15, 0.2) is 42.5 Å². The van der Waals surface area contributed by atoms with Gasteiger partial charge in [-0.25, -0.2) is 9.37 Å². The molecule has 1 aromatic heterocycles. The van der Waals surface area contributed by atoms with Crippen LogP contribution in [0, 0.1) is 5.82 Å². The molecule has 0 atom stereocenters. The Hall–Kier alpha value is -2.36. The Labute approximate surface area is 116 Å². The van der Waals surface area contributed by atoms with Crippen molar-refractivity contribution in [3.05, 3.63) is 59.7 Å². The van der Waals surface area contributed by atoms with Crippen molar-refractivity contribution in [2.75, 3.05) is 5.73 Å². The second-order valence-corrected chi connectivity index (χ2v) is 4.96. The molecule has 2 aromatic carbocycles. The van der Waals surface area contributed by atoms with E-state index in [4.69, 9.17) is 5.73 Å². The lowest BCUT2D eigenvalue weighted by Gasteiger charge is -2.03. The van der Waals surface area contributed by atoms with E-state index in [2.05, 4.69) is 4.98 Å². The molecule has 0 bridgehead atoms. The van der Waals surface area contributed by atoms with E-state index in [-0.39, 0.29) is 5.82 Å². The van der Waals surface area contributed by atoms with Crippen molar-refractivity contribution in [2.45, 2.75) is 12.8 Å². The van der Waals surface area contributed by atoms with Crippen LogP contribution in [0.5, 0.6) is 0 Å². The summed E-state index contributed by atoms with van der Waals surface area (Å²) in [7, 11) is 1.96. The Kier molecular flexibility index (Phi) is 3.14. The summed E-state index contributed by atoms with van der Waals surface area (Å²) in [6, 6.07) is 12.6. The van der Waals surface area contributed by atoms with Crippen LogP contribution >= 0.6 is 0 Å². The highest BCUT2D eigenvalue weighted by atomic mass is 19.1. The maximum atomic E-state index is 13.2. The molecule has 1 heterocycles. The predicted octanol–water partition coefficient (Wildman–Crippen LogP) is 3.08. The van der Waals surface area contributed by atoms with Crippen LogP contribution in [0.4, 0.5) is 10.1 Å². The van der Waals surface area contributed by atoms with Gasteiger partial charge in [-0.3, -0.25) is 0 Å². The Balaban J connectivity index is 1.84. The predicted molar refractivity (Wildman–Crippen MR) is 78.9 cm³/mol. The fourth-order valence-corrected chi connectivity index (χ4v) is 2.39. The van der Waals surface area contributed by atoms with Crippen molar-refractivity contribution in [2.24, 2.45) is 7.05 Å². The fourth-order valence-electron chi connectivity index (χ4n) is 2.39. The lowest BCUT2D eigenvalue weighted by atomic mass is 10.1. The minimum absolute atomic E-state index is 0.249. The number of fused-ring (bicyclic) bond motifs is 1. The molecule has 0 radical (unpaired) electrons. The third-order valence-corrected chi connectivity index (χ3v) is 3.55. The third kappa shape index (κ3) is 2.37. The fraction of sp³-hybridized carbons (Fsp3) is 0.188. The van der Waals surface area contributed by atoms with Crippen molar-refractivity contribution < 1.29 is 4.39 Å². The molecule has 4 heteroatoms. The Morgan fingerprint density at radius 3 is 2.60 bits per heavy atom. The molecule has 0 aliphatic carbocycles. The second kappa shape index (κ2) is 4.96. The SMILES string of the molecule is Cn1c(CCc2ccc(N)cc2)nc2cc(F)ccc21. The number of aryl methyl sites for hydroxylation is 3. The number of halogens is 1. The van der Waals surface area contributed by atoms with Gasteiger partial charge in [0.05, 0.1) is 11.0 Å². The molecule has 0 saturated carbocycles. The first-order valence-electron chi connectivity index (χ1n) is 6.59. The van der Waals surface area contributed by atoms with Gasteiger partial charge >= 0.3 is 0 Å². The second-order valence-electron chi connectivity index (χ2n) is 4.96. The van der Waals surface area contributed by atoms with Crippen LogP contribution in [-0.4, -0.2) is 9.55 Å². The first kappa shape index (κ1) is 12.7. The van der Waals surface area contributed by atoms with E-state index >= 15 is 0 Å². The highest BCUT2D eigenvalue weighted by Gasteiger charge is 2.08. The smallest absolute Gasteiger partial charge is 0.125 e. The number of anilines is 1. The van der Waals surface area contributed by atoms with Gasteiger partial charge in [-0.1, -0.05) is 12.1 Å². The summed E-state index contributed by atoms with van der Waals surface area (Å²) in [4.78, 5) is 4.50. The van der Waals surface area contributed by atoms with Crippen molar-refractivity contribution in [3.63, 3.8) is 0 Å². The largest absolute Gasteiger partial charge is 0.399 e. The molecule has 0 amide bonds. The van der Waals surface area contributed by atoms with Crippen molar-refractivity contribution in [1.29, 1.82) is 0 Å². The normalized spacial score (nSPS) is 11.1. The molecule has 0 saturated heterocycles. The summed E-state index contributed by atoms with van der Waals surface area (Å²) in [5, 5.41) is 0. The molecule has 2 N–H and O–H groups in total. The molecule has 3 aromatic rings. The molecule has 0 spiro atoms. The van der Waals surface area contributed by atoms with Gasteiger partial charge in [-0.2, -0.15) is 0 Å². The quantitative estimate of drug-likeness (QED) is 0.743. The van der Waals surface area contributed by atoms with E-state index in [1.807, 2.05) is 35.9 Å². The average Bonchev–Trinajstić information content (AvgIpc) is 2.74. The molecule has 0 aliphatic rings. The summed E-state index contributed by atoms with van der Waals surface area (Å²) in [6.45, 7) is 0. The van der Waals surface area contributed by atoms with E-state index in [1.54, 1.807) is 6.07 Å². The van der Waals surface area contributed by atoms with Gasteiger partial charge < -0.3 is 10.3 Å². The molecule has 20 heavy (non-hydrogen) atoms. The Morgan fingerprint density at radius 1 is 1.10 bits per heavy atom. The molecule has 0 fully saturated rings. The lowest BCUT2D eigenvalue weighted by Crippen LogP contribution is -2.00. The zero-order chi connectivity index (χ0) is 14.1. The molecule has 0 unspecified atom stereocenters. The highest BCUT2D eigenvalue weighted by Crippen LogP contribution is 2.17. The van der Waals surface area contributed by atoms with Gasteiger partial charge in [0.15, 0.2) is 0 Å². The van der Waals surface area contributed by atoms with Gasteiger partial charge in [0.1, 0.15) is 11.6 Å².